The van der Waals surface area contributed by atoms with Crippen LogP contribution in [-0.4, -0.2) is 92.9 Å². The summed E-state index contributed by atoms with van der Waals surface area (Å²) >= 11 is 0.908. The maximum atomic E-state index is 13.7. The molecule has 0 bridgehead atoms. The molecule has 2 amide bonds. The van der Waals surface area contributed by atoms with E-state index in [1.165, 1.54) is 5.23 Å². The van der Waals surface area contributed by atoms with Crippen molar-refractivity contribution in [3.05, 3.63) is 51.8 Å². The lowest BCUT2D eigenvalue weighted by atomic mass is 10.0. The van der Waals surface area contributed by atoms with Gasteiger partial charge in [-0.25, -0.2) is 0 Å². The number of hydrogen-bond donors (Lipinski definition) is 2. The number of aromatic nitrogens is 1. The second-order valence-electron chi connectivity index (χ2n) is 9.51. The molecule has 1 aromatic carbocycles. The Bertz CT molecular complexity index is 1230. The first-order valence-corrected chi connectivity index (χ1v) is 13.9. The minimum absolute atomic E-state index is 0.120. The standard InChI is InChI=1S/C27H34N4O8S/c1-18-24(16-22-21-15-20(17-31-38-40-39-31)3-4-23(21)29-26(22)32)28-19(2)25(18)27(33)30-5-7-34-9-11-36-13-14-37-12-10-35-8-6-30/h3-4,15-16,28H,5-14,17H2,1-2H3,(H,29,32)/b22-16-. The van der Waals surface area contributed by atoms with E-state index in [1.807, 2.05) is 32.0 Å². The molecule has 0 saturated carbocycles. The highest BCUT2D eigenvalue weighted by Crippen LogP contribution is 2.36. The van der Waals surface area contributed by atoms with Gasteiger partial charge in [0.1, 0.15) is 0 Å². The molecular formula is C27H34N4O8S. The van der Waals surface area contributed by atoms with Crippen molar-refractivity contribution in [1.82, 2.24) is 15.1 Å². The van der Waals surface area contributed by atoms with E-state index in [9.17, 15) is 9.59 Å². The minimum Gasteiger partial charge on any atom is -0.377 e. The van der Waals surface area contributed by atoms with Crippen LogP contribution < -0.4 is 5.32 Å². The van der Waals surface area contributed by atoms with Gasteiger partial charge in [0.2, 0.25) is 12.3 Å². The summed E-state index contributed by atoms with van der Waals surface area (Å²) in [4.78, 5) is 31.7. The molecule has 3 aliphatic heterocycles. The Kier molecular flexibility index (Phi) is 9.88. The molecule has 0 unspecified atom stereocenters. The maximum Gasteiger partial charge on any atom is 0.256 e. The van der Waals surface area contributed by atoms with Gasteiger partial charge in [0.15, 0.2) is 0 Å². The molecule has 13 heteroatoms. The van der Waals surface area contributed by atoms with E-state index in [4.69, 9.17) is 27.5 Å². The fraction of sp³-hybridized carbons (Fsp3) is 0.481. The molecule has 0 aliphatic carbocycles. The van der Waals surface area contributed by atoms with Crippen LogP contribution in [0.4, 0.5) is 5.69 Å². The van der Waals surface area contributed by atoms with Gasteiger partial charge in [-0.2, -0.15) is 8.57 Å². The Morgan fingerprint density at radius 2 is 1.57 bits per heavy atom. The SMILES string of the molecule is Cc1[nH]c(/C=C2\C(=O)Nc3ccc(CN4OSO4)cc32)c(C)c1C(=O)N1CCOCCOCCOCCOCC1. The van der Waals surface area contributed by atoms with Crippen molar-refractivity contribution >= 4 is 41.5 Å². The van der Waals surface area contributed by atoms with Crippen molar-refractivity contribution in [2.75, 3.05) is 71.3 Å². The summed E-state index contributed by atoms with van der Waals surface area (Å²) in [6.07, 6.45) is 1.80. The third-order valence-electron chi connectivity index (χ3n) is 6.80. The van der Waals surface area contributed by atoms with Crippen LogP contribution in [0, 0.1) is 13.8 Å². The van der Waals surface area contributed by atoms with Gasteiger partial charge in [-0.15, -0.1) is 0 Å². The van der Waals surface area contributed by atoms with Gasteiger partial charge < -0.3 is 34.1 Å². The zero-order valence-electron chi connectivity index (χ0n) is 22.7. The van der Waals surface area contributed by atoms with Gasteiger partial charge in [-0.3, -0.25) is 9.59 Å². The number of H-pyrrole nitrogens is 1. The fourth-order valence-electron chi connectivity index (χ4n) is 4.72. The summed E-state index contributed by atoms with van der Waals surface area (Å²) in [6, 6.07) is 5.71. The summed E-state index contributed by atoms with van der Waals surface area (Å²) in [5.74, 6) is -0.322. The second kappa shape index (κ2) is 13.7. The number of amides is 2. The van der Waals surface area contributed by atoms with Gasteiger partial charge in [0.25, 0.3) is 11.8 Å². The number of benzene rings is 1. The van der Waals surface area contributed by atoms with E-state index < -0.39 is 0 Å². The van der Waals surface area contributed by atoms with Gasteiger partial charge in [0.05, 0.1) is 70.5 Å². The predicted molar refractivity (Wildman–Crippen MR) is 148 cm³/mol. The Hall–Kier alpha value is -2.75. The van der Waals surface area contributed by atoms with Gasteiger partial charge >= 0.3 is 0 Å². The third kappa shape index (κ3) is 6.93. The molecule has 12 nitrogen and oxygen atoms in total. The predicted octanol–water partition coefficient (Wildman–Crippen LogP) is 2.89. The van der Waals surface area contributed by atoms with Gasteiger partial charge in [-0.05, 0) is 48.4 Å². The summed E-state index contributed by atoms with van der Waals surface area (Å²) in [7, 11) is 0. The summed E-state index contributed by atoms with van der Waals surface area (Å²) in [6.45, 7) is 8.63. The van der Waals surface area contributed by atoms with E-state index in [1.54, 1.807) is 11.0 Å². The molecule has 0 atom stereocenters. The van der Waals surface area contributed by atoms with Gasteiger partial charge in [-0.1, -0.05) is 6.07 Å². The summed E-state index contributed by atoms with van der Waals surface area (Å²) < 4.78 is 32.6. The zero-order chi connectivity index (χ0) is 27.9. The Morgan fingerprint density at radius 3 is 2.17 bits per heavy atom. The Labute approximate surface area is 237 Å². The molecule has 5 rings (SSSR count). The van der Waals surface area contributed by atoms with Crippen LogP contribution in [0.25, 0.3) is 11.6 Å². The molecule has 2 fully saturated rings. The van der Waals surface area contributed by atoms with E-state index in [0.29, 0.717) is 89.3 Å². The zero-order valence-corrected chi connectivity index (χ0v) is 23.5. The number of anilines is 1. The first-order valence-electron chi connectivity index (χ1n) is 13.3. The van der Waals surface area contributed by atoms with E-state index in [0.717, 1.165) is 40.4 Å². The fourth-order valence-corrected chi connectivity index (χ4v) is 4.97. The quantitative estimate of drug-likeness (QED) is 0.416. The molecule has 4 heterocycles. The second-order valence-corrected chi connectivity index (χ2v) is 9.94. The molecule has 2 N–H and O–H groups in total. The van der Waals surface area contributed by atoms with E-state index >= 15 is 0 Å². The number of ether oxygens (including phenoxy) is 4. The van der Waals surface area contributed by atoms with Crippen molar-refractivity contribution in [3.63, 3.8) is 0 Å². The van der Waals surface area contributed by atoms with Crippen LogP contribution >= 0.6 is 12.3 Å². The number of hydrogen-bond acceptors (Lipinski definition) is 10. The first-order chi connectivity index (χ1) is 19.5. The summed E-state index contributed by atoms with van der Waals surface area (Å²) in [5, 5.41) is 4.27. The molecule has 3 aliphatic rings. The lowest BCUT2D eigenvalue weighted by Gasteiger charge is -2.24. The number of rotatable bonds is 4. The van der Waals surface area contributed by atoms with Crippen molar-refractivity contribution in [2.45, 2.75) is 20.4 Å². The summed E-state index contributed by atoms with van der Waals surface area (Å²) in [5.41, 5.74) is 5.73. The molecule has 216 valence electrons. The van der Waals surface area contributed by atoms with Crippen LogP contribution in [0.5, 0.6) is 0 Å². The van der Waals surface area contributed by atoms with Crippen LogP contribution in [0.2, 0.25) is 0 Å². The number of carbonyl (C=O) groups is 2. The first kappa shape index (κ1) is 28.8. The normalized spacial score (nSPS) is 20.9. The highest BCUT2D eigenvalue weighted by atomic mass is 32.2. The number of aryl methyl sites for hydroxylation is 1. The Balaban J connectivity index is 1.34. The molecule has 40 heavy (non-hydrogen) atoms. The monoisotopic (exact) mass is 574 g/mol. The number of nitrogens with one attached hydrogen (secondary N) is 2. The third-order valence-corrected chi connectivity index (χ3v) is 7.25. The van der Waals surface area contributed by atoms with Crippen LogP contribution in [-0.2, 0) is 38.9 Å². The van der Waals surface area contributed by atoms with Crippen molar-refractivity contribution < 1.29 is 37.1 Å². The largest absolute Gasteiger partial charge is 0.377 e. The molecule has 1 aromatic heterocycles. The molecule has 2 aromatic rings. The molecule has 0 radical (unpaired) electrons. The average molecular weight is 575 g/mol. The number of hydroxylamine groups is 2. The van der Waals surface area contributed by atoms with Crippen LogP contribution in [0.15, 0.2) is 18.2 Å². The molecule has 0 spiro atoms. The van der Waals surface area contributed by atoms with Crippen LogP contribution in [0.3, 0.4) is 0 Å². The van der Waals surface area contributed by atoms with Gasteiger partial charge in [0, 0.05) is 35.7 Å². The van der Waals surface area contributed by atoms with Crippen LogP contribution in [0.1, 0.15) is 38.4 Å². The smallest absolute Gasteiger partial charge is 0.256 e. The van der Waals surface area contributed by atoms with Crippen molar-refractivity contribution in [3.8, 4) is 0 Å². The lowest BCUT2D eigenvalue weighted by Crippen LogP contribution is -2.37. The average Bonchev–Trinajstić information content (AvgIpc) is 3.37. The van der Waals surface area contributed by atoms with E-state index in [-0.39, 0.29) is 11.8 Å². The number of aromatic amines is 1. The number of carbonyl (C=O) groups excluding carboxylic acids is 2. The maximum absolute atomic E-state index is 13.7. The lowest BCUT2D eigenvalue weighted by molar-refractivity contribution is -0.309. The topological polar surface area (TPSA) is 124 Å². The van der Waals surface area contributed by atoms with E-state index in [2.05, 4.69) is 10.3 Å². The van der Waals surface area contributed by atoms with Crippen molar-refractivity contribution in [2.24, 2.45) is 0 Å². The number of fused-ring (bicyclic) bond motifs is 1. The Morgan fingerprint density at radius 1 is 0.950 bits per heavy atom. The number of nitrogens with zero attached hydrogens (tertiary/aromatic N) is 2. The highest BCUT2D eigenvalue weighted by Gasteiger charge is 2.28. The molecular weight excluding hydrogens is 540 g/mol. The van der Waals surface area contributed by atoms with Crippen molar-refractivity contribution in [1.29, 1.82) is 0 Å². The molecule has 2 saturated heterocycles. The minimum atomic E-state index is -0.202. The highest BCUT2D eigenvalue weighted by molar-refractivity contribution is 7.90.